The number of rotatable bonds is 10. The second-order valence-electron chi connectivity index (χ2n) is 7.26. The fourth-order valence-electron chi connectivity index (χ4n) is 2.75. The second kappa shape index (κ2) is 12.1. The first kappa shape index (κ1) is 24.4. The number of hydrogen-bond donors (Lipinski definition) is 1. The first-order valence-corrected chi connectivity index (χ1v) is 11.9. The van der Waals surface area contributed by atoms with Crippen LogP contribution in [0.5, 0.6) is 0 Å². The fourth-order valence-corrected chi connectivity index (χ4v) is 3.89. The molecule has 0 aliphatic heterocycles. The number of nitrogens with zero attached hydrogens (tertiary/aromatic N) is 1. The van der Waals surface area contributed by atoms with Crippen LogP contribution in [-0.4, -0.2) is 34.6 Å². The Morgan fingerprint density at radius 3 is 2.27 bits per heavy atom. The summed E-state index contributed by atoms with van der Waals surface area (Å²) in [6.45, 7) is 5.92. The second-order valence-corrected chi connectivity index (χ2v) is 9.16. The van der Waals surface area contributed by atoms with E-state index in [1.807, 2.05) is 38.1 Å². The summed E-state index contributed by atoms with van der Waals surface area (Å²) in [5.41, 5.74) is 1.91. The third-order valence-electron chi connectivity index (χ3n) is 4.84. The molecule has 2 aromatic rings. The van der Waals surface area contributed by atoms with Crippen LogP contribution in [0, 0.1) is 5.82 Å². The zero-order valence-corrected chi connectivity index (χ0v) is 19.9. The molecule has 0 aliphatic carbocycles. The van der Waals surface area contributed by atoms with Crippen LogP contribution in [0.25, 0.3) is 0 Å². The van der Waals surface area contributed by atoms with E-state index in [9.17, 15) is 14.0 Å². The smallest absolute Gasteiger partial charge is 0.242 e. The predicted molar refractivity (Wildman–Crippen MR) is 125 cm³/mol. The van der Waals surface area contributed by atoms with Gasteiger partial charge in [-0.1, -0.05) is 47.1 Å². The van der Waals surface area contributed by atoms with Crippen LogP contribution in [-0.2, 0) is 21.9 Å². The van der Waals surface area contributed by atoms with E-state index in [1.165, 1.54) is 23.9 Å². The van der Waals surface area contributed by atoms with Gasteiger partial charge in [-0.3, -0.25) is 9.59 Å². The van der Waals surface area contributed by atoms with Crippen molar-refractivity contribution in [3.8, 4) is 0 Å². The van der Waals surface area contributed by atoms with Gasteiger partial charge in [-0.25, -0.2) is 4.39 Å². The van der Waals surface area contributed by atoms with Crippen molar-refractivity contribution in [2.45, 2.75) is 51.6 Å². The zero-order valence-electron chi connectivity index (χ0n) is 17.5. The largest absolute Gasteiger partial charge is 0.352 e. The third-order valence-corrected chi connectivity index (χ3v) is 6.36. The van der Waals surface area contributed by atoms with Crippen molar-refractivity contribution in [1.82, 2.24) is 10.2 Å². The molecule has 0 radical (unpaired) electrons. The molecule has 162 valence electrons. The minimum Gasteiger partial charge on any atom is -0.352 e. The Bertz CT molecular complexity index is 830. The molecule has 30 heavy (non-hydrogen) atoms. The van der Waals surface area contributed by atoms with Crippen molar-refractivity contribution in [1.29, 1.82) is 0 Å². The third kappa shape index (κ3) is 7.76. The van der Waals surface area contributed by atoms with E-state index >= 15 is 0 Å². The quantitative estimate of drug-likeness (QED) is 0.496. The molecule has 0 saturated carbocycles. The van der Waals surface area contributed by atoms with Gasteiger partial charge in [0.25, 0.3) is 0 Å². The Hall–Kier alpha value is -1.86. The van der Waals surface area contributed by atoms with E-state index in [1.54, 1.807) is 24.0 Å². The SMILES string of the molecule is CCC(C)NC(=O)C(C)N(Cc1ccc(F)cc1)C(=O)CSCc1ccc(Br)cc1. The lowest BCUT2D eigenvalue weighted by Gasteiger charge is -2.29. The minimum absolute atomic E-state index is 0.0366. The standard InChI is InChI=1S/C23H28BrFN2O2S/c1-4-16(2)26-23(29)17(3)27(13-18-7-11-21(25)12-8-18)22(28)15-30-14-19-5-9-20(24)10-6-19/h5-12,16-17H,4,13-15H2,1-3H3,(H,26,29). The Balaban J connectivity index is 2.06. The van der Waals surface area contributed by atoms with Crippen molar-refractivity contribution in [3.63, 3.8) is 0 Å². The van der Waals surface area contributed by atoms with Gasteiger partial charge >= 0.3 is 0 Å². The molecule has 0 heterocycles. The summed E-state index contributed by atoms with van der Waals surface area (Å²) in [5.74, 6) is 0.338. The molecular formula is C23H28BrFN2O2S. The summed E-state index contributed by atoms with van der Waals surface area (Å²) in [6.07, 6.45) is 0.813. The van der Waals surface area contributed by atoms with E-state index < -0.39 is 6.04 Å². The predicted octanol–water partition coefficient (Wildman–Crippen LogP) is 5.15. The van der Waals surface area contributed by atoms with Crippen molar-refractivity contribution >= 4 is 39.5 Å². The Labute approximate surface area is 190 Å². The number of hydrogen-bond acceptors (Lipinski definition) is 3. The monoisotopic (exact) mass is 494 g/mol. The molecule has 0 aliphatic rings. The van der Waals surface area contributed by atoms with E-state index in [0.29, 0.717) is 5.75 Å². The highest BCUT2D eigenvalue weighted by molar-refractivity contribution is 9.10. The molecule has 0 spiro atoms. The van der Waals surface area contributed by atoms with Gasteiger partial charge in [0.1, 0.15) is 11.9 Å². The lowest BCUT2D eigenvalue weighted by molar-refractivity contribution is -0.138. The number of carbonyl (C=O) groups is 2. The topological polar surface area (TPSA) is 49.4 Å². The maximum absolute atomic E-state index is 13.3. The molecule has 2 atom stereocenters. The molecule has 2 rings (SSSR count). The van der Waals surface area contributed by atoms with Crippen LogP contribution < -0.4 is 5.32 Å². The maximum atomic E-state index is 13.3. The van der Waals surface area contributed by atoms with Gasteiger partial charge in [0.05, 0.1) is 5.75 Å². The lowest BCUT2D eigenvalue weighted by Crippen LogP contribution is -2.50. The van der Waals surface area contributed by atoms with Gasteiger partial charge < -0.3 is 10.2 Å². The molecule has 1 N–H and O–H groups in total. The van der Waals surface area contributed by atoms with E-state index in [2.05, 4.69) is 21.2 Å². The number of benzene rings is 2. The summed E-state index contributed by atoms with van der Waals surface area (Å²) in [7, 11) is 0. The summed E-state index contributed by atoms with van der Waals surface area (Å²) >= 11 is 4.93. The number of halogens is 2. The van der Waals surface area contributed by atoms with E-state index in [4.69, 9.17) is 0 Å². The highest BCUT2D eigenvalue weighted by Gasteiger charge is 2.26. The van der Waals surface area contributed by atoms with Crippen LogP contribution >= 0.6 is 27.7 Å². The number of nitrogens with one attached hydrogen (secondary N) is 1. The Morgan fingerprint density at radius 2 is 1.67 bits per heavy atom. The molecule has 2 unspecified atom stereocenters. The van der Waals surface area contributed by atoms with Crippen molar-refractivity contribution < 1.29 is 14.0 Å². The van der Waals surface area contributed by atoms with Gasteiger partial charge in [-0.2, -0.15) is 0 Å². The normalized spacial score (nSPS) is 12.8. The summed E-state index contributed by atoms with van der Waals surface area (Å²) in [4.78, 5) is 27.2. The summed E-state index contributed by atoms with van der Waals surface area (Å²) < 4.78 is 14.3. The Morgan fingerprint density at radius 1 is 1.07 bits per heavy atom. The van der Waals surface area contributed by atoms with Crippen LogP contribution in [0.4, 0.5) is 4.39 Å². The lowest BCUT2D eigenvalue weighted by atomic mass is 10.1. The highest BCUT2D eigenvalue weighted by Crippen LogP contribution is 2.18. The average Bonchev–Trinajstić information content (AvgIpc) is 2.74. The minimum atomic E-state index is -0.621. The van der Waals surface area contributed by atoms with Crippen LogP contribution in [0.3, 0.4) is 0 Å². The van der Waals surface area contributed by atoms with E-state index in [-0.39, 0.29) is 36.0 Å². The molecule has 2 amide bonds. The molecule has 0 bridgehead atoms. The average molecular weight is 495 g/mol. The van der Waals surface area contributed by atoms with Crippen molar-refractivity contribution in [2.24, 2.45) is 0 Å². The van der Waals surface area contributed by atoms with Gasteiger partial charge in [0.2, 0.25) is 11.8 Å². The van der Waals surface area contributed by atoms with Gasteiger partial charge in [-0.15, -0.1) is 11.8 Å². The Kier molecular flexibility index (Phi) is 9.85. The first-order valence-electron chi connectivity index (χ1n) is 9.96. The molecule has 0 saturated heterocycles. The van der Waals surface area contributed by atoms with E-state index in [0.717, 1.165) is 22.0 Å². The summed E-state index contributed by atoms with van der Waals surface area (Å²) in [5, 5.41) is 2.94. The number of amides is 2. The number of carbonyl (C=O) groups excluding carboxylic acids is 2. The maximum Gasteiger partial charge on any atom is 0.242 e. The van der Waals surface area contributed by atoms with Gasteiger partial charge in [0.15, 0.2) is 0 Å². The highest BCUT2D eigenvalue weighted by atomic mass is 79.9. The number of thioether (sulfide) groups is 1. The van der Waals surface area contributed by atoms with Crippen LogP contribution in [0.15, 0.2) is 53.0 Å². The molecule has 0 aromatic heterocycles. The van der Waals surface area contributed by atoms with Crippen LogP contribution in [0.2, 0.25) is 0 Å². The molecular weight excluding hydrogens is 467 g/mol. The van der Waals surface area contributed by atoms with Crippen molar-refractivity contribution in [2.75, 3.05) is 5.75 Å². The van der Waals surface area contributed by atoms with Gasteiger partial charge in [-0.05, 0) is 55.7 Å². The molecule has 2 aromatic carbocycles. The fraction of sp³-hybridized carbons (Fsp3) is 0.391. The zero-order chi connectivity index (χ0) is 22.1. The molecule has 7 heteroatoms. The first-order chi connectivity index (χ1) is 14.3. The molecule has 4 nitrogen and oxygen atoms in total. The summed E-state index contributed by atoms with van der Waals surface area (Å²) in [6, 6.07) is 13.4. The molecule has 0 fully saturated rings. The van der Waals surface area contributed by atoms with Gasteiger partial charge in [0, 0.05) is 22.8 Å². The van der Waals surface area contributed by atoms with Crippen molar-refractivity contribution in [3.05, 3.63) is 69.9 Å². The van der Waals surface area contributed by atoms with Crippen LogP contribution in [0.1, 0.15) is 38.3 Å².